The molecule has 0 spiro atoms. The molecule has 0 bridgehead atoms. The van der Waals surface area contributed by atoms with Crippen LogP contribution in [-0.4, -0.2) is 0 Å². The van der Waals surface area contributed by atoms with Gasteiger partial charge in [0.15, 0.2) is 0 Å². The van der Waals surface area contributed by atoms with Crippen molar-refractivity contribution in [3.63, 3.8) is 0 Å². The van der Waals surface area contributed by atoms with Gasteiger partial charge in [0, 0.05) is 21.7 Å². The van der Waals surface area contributed by atoms with Gasteiger partial charge < -0.3 is 0 Å². The second-order valence-corrected chi connectivity index (χ2v) is 0. The molecular weight excluding hydrogens is 367 g/mol. The maximum Gasteiger partial charge on any atom is 0 e. The molecule has 0 aliphatic carbocycles. The van der Waals surface area contributed by atoms with Crippen LogP contribution in [-0.2, 0) is 21.7 Å². The SMILES string of the molecule is Br.Br.Br.Br.[Ti]. The van der Waals surface area contributed by atoms with Gasteiger partial charge in [-0.15, -0.1) is 67.9 Å². The van der Waals surface area contributed by atoms with Gasteiger partial charge >= 0.3 is 0 Å². The molecular formula is H4Br4Ti. The first-order chi connectivity index (χ1) is 0. The maximum absolute atomic E-state index is 0. The van der Waals surface area contributed by atoms with Gasteiger partial charge in [-0.05, 0) is 0 Å². The van der Waals surface area contributed by atoms with Crippen LogP contribution in [0, 0.1) is 0 Å². The van der Waals surface area contributed by atoms with Crippen LogP contribution in [0.4, 0.5) is 0 Å². The van der Waals surface area contributed by atoms with Crippen molar-refractivity contribution in [2.75, 3.05) is 0 Å². The predicted octanol–water partition coefficient (Wildman–Crippen LogP) is 2.31. The van der Waals surface area contributed by atoms with Crippen LogP contribution in [0.3, 0.4) is 0 Å². The second-order valence-electron chi connectivity index (χ2n) is 0. The monoisotopic (exact) mass is 368 g/mol. The van der Waals surface area contributed by atoms with Crippen LogP contribution >= 0.6 is 67.9 Å². The molecule has 0 radical (unpaired) electrons. The van der Waals surface area contributed by atoms with Crippen molar-refractivity contribution in [1.82, 2.24) is 0 Å². The van der Waals surface area contributed by atoms with Crippen molar-refractivity contribution in [2.45, 2.75) is 0 Å². The molecule has 0 nitrogen and oxygen atoms in total. The predicted molar refractivity (Wildman–Crippen MR) is 41.3 cm³/mol. The summed E-state index contributed by atoms with van der Waals surface area (Å²) in [5.74, 6) is 0. The number of rotatable bonds is 0. The van der Waals surface area contributed by atoms with Gasteiger partial charge in [0.05, 0.1) is 0 Å². The minimum absolute atomic E-state index is 0. The summed E-state index contributed by atoms with van der Waals surface area (Å²) in [6, 6.07) is 0. The average Bonchev–Trinajstić information content (AvgIpc) is 0. The molecule has 0 saturated carbocycles. The molecule has 0 atom stereocenters. The Morgan fingerprint density at radius 2 is 0.400 bits per heavy atom. The summed E-state index contributed by atoms with van der Waals surface area (Å²) in [7, 11) is 0. The third kappa shape index (κ3) is 20.5. The van der Waals surface area contributed by atoms with Crippen molar-refractivity contribution in [2.24, 2.45) is 0 Å². The molecule has 36 valence electrons. The first-order valence-corrected chi connectivity index (χ1v) is 0. The van der Waals surface area contributed by atoms with E-state index in [4.69, 9.17) is 0 Å². The van der Waals surface area contributed by atoms with Gasteiger partial charge in [-0.1, -0.05) is 0 Å². The Morgan fingerprint density at radius 3 is 0.400 bits per heavy atom. The molecule has 0 unspecified atom stereocenters. The van der Waals surface area contributed by atoms with Gasteiger partial charge in [0.1, 0.15) is 0 Å². The van der Waals surface area contributed by atoms with E-state index in [1.54, 1.807) is 0 Å². The molecule has 0 aromatic rings. The Morgan fingerprint density at radius 1 is 0.400 bits per heavy atom. The molecule has 0 N–H and O–H groups in total. The van der Waals surface area contributed by atoms with Crippen molar-refractivity contribution in [3.8, 4) is 0 Å². The molecule has 0 aromatic carbocycles. The topological polar surface area (TPSA) is 0 Å². The van der Waals surface area contributed by atoms with Crippen LogP contribution in [0.15, 0.2) is 0 Å². The molecule has 0 aliphatic heterocycles. The van der Waals surface area contributed by atoms with E-state index in [1.165, 1.54) is 0 Å². The zero-order valence-electron chi connectivity index (χ0n) is 2.13. The van der Waals surface area contributed by atoms with Gasteiger partial charge in [-0.25, -0.2) is 0 Å². The zero-order valence-corrected chi connectivity index (χ0v) is 10.5. The van der Waals surface area contributed by atoms with Crippen LogP contribution in [0.25, 0.3) is 0 Å². The molecule has 0 aliphatic rings. The zero-order chi connectivity index (χ0) is 0. The Balaban J connectivity index is 0. The average molecular weight is 372 g/mol. The van der Waals surface area contributed by atoms with Gasteiger partial charge in [0.2, 0.25) is 0 Å². The van der Waals surface area contributed by atoms with E-state index in [9.17, 15) is 0 Å². The normalized spacial score (nSPS) is 0. The fourth-order valence-electron chi connectivity index (χ4n) is 0. The minimum atomic E-state index is 0. The summed E-state index contributed by atoms with van der Waals surface area (Å²) < 4.78 is 0. The smallest absolute Gasteiger partial charge is 0 e. The summed E-state index contributed by atoms with van der Waals surface area (Å²) in [4.78, 5) is 0. The molecule has 0 rings (SSSR count). The standard InChI is InChI=1S/4BrH.Ti/h4*1H;. The third-order valence-corrected chi connectivity index (χ3v) is 0. The summed E-state index contributed by atoms with van der Waals surface area (Å²) >= 11 is 0. The van der Waals surface area contributed by atoms with Crippen LogP contribution in [0.2, 0.25) is 0 Å². The second kappa shape index (κ2) is 30.3. The summed E-state index contributed by atoms with van der Waals surface area (Å²) in [5, 5.41) is 0. The van der Waals surface area contributed by atoms with Gasteiger partial charge in [-0.3, -0.25) is 0 Å². The van der Waals surface area contributed by atoms with Crippen molar-refractivity contribution in [3.05, 3.63) is 0 Å². The first kappa shape index (κ1) is 48.4. The van der Waals surface area contributed by atoms with Crippen molar-refractivity contribution >= 4 is 67.9 Å². The Bertz CT molecular complexity index is 3.61. The largest absolute Gasteiger partial charge is 0.114 e. The van der Waals surface area contributed by atoms with E-state index < -0.39 is 0 Å². The van der Waals surface area contributed by atoms with Crippen LogP contribution < -0.4 is 0 Å². The van der Waals surface area contributed by atoms with E-state index in [2.05, 4.69) is 0 Å². The van der Waals surface area contributed by atoms with E-state index in [1.807, 2.05) is 0 Å². The fourth-order valence-corrected chi connectivity index (χ4v) is 0. The fraction of sp³-hybridized carbons (Fsp3) is 0. The molecule has 0 heterocycles. The molecule has 0 amide bonds. The minimum Gasteiger partial charge on any atom is -0.114 e. The summed E-state index contributed by atoms with van der Waals surface area (Å²) in [6.45, 7) is 0. The molecule has 0 saturated heterocycles. The van der Waals surface area contributed by atoms with Gasteiger partial charge in [0.25, 0.3) is 0 Å². The Hall–Kier alpha value is 2.63. The molecule has 5 heteroatoms. The van der Waals surface area contributed by atoms with Crippen molar-refractivity contribution in [1.29, 1.82) is 0 Å². The molecule has 0 aromatic heterocycles. The number of halogens is 4. The maximum atomic E-state index is 0. The molecule has 0 fully saturated rings. The van der Waals surface area contributed by atoms with E-state index in [0.717, 1.165) is 0 Å². The van der Waals surface area contributed by atoms with E-state index in [0.29, 0.717) is 0 Å². The van der Waals surface area contributed by atoms with Crippen LogP contribution in [0.1, 0.15) is 0 Å². The van der Waals surface area contributed by atoms with E-state index >= 15 is 0 Å². The summed E-state index contributed by atoms with van der Waals surface area (Å²) in [6.07, 6.45) is 0. The van der Waals surface area contributed by atoms with Crippen molar-refractivity contribution < 1.29 is 21.7 Å². The first-order valence-electron chi connectivity index (χ1n) is 0. The third-order valence-electron chi connectivity index (χ3n) is 0. The Labute approximate surface area is 88.4 Å². The quantitative estimate of drug-likeness (QED) is 0.574. The Kier molecular flexibility index (Phi) is 294. The van der Waals surface area contributed by atoms with Crippen LogP contribution in [0.5, 0.6) is 0 Å². The number of hydrogen-bond acceptors (Lipinski definition) is 0. The molecule has 5 heavy (non-hydrogen) atoms. The van der Waals surface area contributed by atoms with E-state index in [-0.39, 0.29) is 89.6 Å². The number of hydrogen-bond donors (Lipinski definition) is 0. The summed E-state index contributed by atoms with van der Waals surface area (Å²) in [5.41, 5.74) is 0. The van der Waals surface area contributed by atoms with Gasteiger partial charge in [-0.2, -0.15) is 0 Å².